The van der Waals surface area contributed by atoms with Crippen LogP contribution in [-0.2, 0) is 9.53 Å². The summed E-state index contributed by atoms with van der Waals surface area (Å²) in [4.78, 5) is 11.6. The molecule has 0 aliphatic carbocycles. The van der Waals surface area contributed by atoms with Crippen LogP contribution in [-0.4, -0.2) is 25.7 Å². The third-order valence-corrected chi connectivity index (χ3v) is 2.22. The molecule has 1 amide bonds. The molecule has 0 aromatic heterocycles. The Kier molecular flexibility index (Phi) is 5.58. The maximum Gasteiger partial charge on any atom is 0.226 e. The van der Waals surface area contributed by atoms with Crippen LogP contribution in [0.4, 0.5) is 10.1 Å². The van der Waals surface area contributed by atoms with Gasteiger partial charge in [-0.3, -0.25) is 4.79 Å². The van der Waals surface area contributed by atoms with E-state index in [2.05, 4.69) is 5.32 Å². The van der Waals surface area contributed by atoms with E-state index in [-0.39, 0.29) is 18.4 Å². The second-order valence-corrected chi connectivity index (χ2v) is 4.06. The molecule has 1 aromatic rings. The molecule has 0 fully saturated rings. The van der Waals surface area contributed by atoms with Gasteiger partial charge in [-0.05, 0) is 26.0 Å². The highest BCUT2D eigenvalue weighted by Crippen LogP contribution is 2.24. The second-order valence-electron chi connectivity index (χ2n) is 4.06. The number of carbonyl (C=O) groups is 1. The zero-order chi connectivity index (χ0) is 13.5. The highest BCUT2D eigenvalue weighted by molar-refractivity contribution is 5.92. The molecule has 1 rings (SSSR count). The Morgan fingerprint density at radius 2 is 2.17 bits per heavy atom. The lowest BCUT2D eigenvalue weighted by molar-refractivity contribution is -0.117. The summed E-state index contributed by atoms with van der Waals surface area (Å²) >= 11 is 0. The van der Waals surface area contributed by atoms with Gasteiger partial charge in [0.2, 0.25) is 5.91 Å². The van der Waals surface area contributed by atoms with E-state index in [9.17, 15) is 9.18 Å². The zero-order valence-corrected chi connectivity index (χ0v) is 10.8. The molecule has 0 unspecified atom stereocenters. The fourth-order valence-corrected chi connectivity index (χ4v) is 1.37. The Balaban J connectivity index is 2.53. The van der Waals surface area contributed by atoms with Crippen molar-refractivity contribution in [2.45, 2.75) is 26.4 Å². The summed E-state index contributed by atoms with van der Waals surface area (Å²) in [5.41, 5.74) is 0.452. The highest BCUT2D eigenvalue weighted by atomic mass is 19.1. The first kappa shape index (κ1) is 14.4. The summed E-state index contributed by atoms with van der Waals surface area (Å²) in [6.07, 6.45) is 0.344. The number of nitrogens with one attached hydrogen (secondary N) is 1. The Labute approximate surface area is 106 Å². The molecule has 4 nitrogen and oxygen atoms in total. The van der Waals surface area contributed by atoms with E-state index in [0.29, 0.717) is 18.0 Å². The van der Waals surface area contributed by atoms with Gasteiger partial charge < -0.3 is 14.8 Å². The number of halogens is 1. The van der Waals surface area contributed by atoms with E-state index in [1.807, 2.05) is 13.8 Å². The zero-order valence-electron chi connectivity index (χ0n) is 10.8. The summed E-state index contributed by atoms with van der Waals surface area (Å²) in [6.45, 7) is 4.16. The quantitative estimate of drug-likeness (QED) is 0.850. The number of ether oxygens (including phenoxy) is 2. The summed E-state index contributed by atoms with van der Waals surface area (Å²) in [6, 6.07) is 3.96. The van der Waals surface area contributed by atoms with Crippen LogP contribution in [0.3, 0.4) is 0 Å². The van der Waals surface area contributed by atoms with E-state index < -0.39 is 5.82 Å². The fraction of sp³-hybridized carbons (Fsp3) is 0.462. The number of benzene rings is 1. The molecule has 0 spiro atoms. The molecule has 1 N–H and O–H groups in total. The van der Waals surface area contributed by atoms with Crippen LogP contribution in [0.15, 0.2) is 18.2 Å². The van der Waals surface area contributed by atoms with Gasteiger partial charge >= 0.3 is 0 Å². The number of amides is 1. The molecule has 18 heavy (non-hydrogen) atoms. The molecule has 100 valence electrons. The Hall–Kier alpha value is -1.62. The van der Waals surface area contributed by atoms with Crippen molar-refractivity contribution in [3.05, 3.63) is 24.0 Å². The minimum Gasteiger partial charge on any atom is -0.494 e. The largest absolute Gasteiger partial charge is 0.494 e. The lowest BCUT2D eigenvalue weighted by Crippen LogP contribution is -2.16. The third-order valence-electron chi connectivity index (χ3n) is 2.22. The Morgan fingerprint density at radius 1 is 1.44 bits per heavy atom. The molecule has 1 aromatic carbocycles. The lowest BCUT2D eigenvalue weighted by atomic mass is 10.2. The van der Waals surface area contributed by atoms with Gasteiger partial charge in [-0.2, -0.15) is 0 Å². The van der Waals surface area contributed by atoms with Gasteiger partial charge in [0.1, 0.15) is 11.6 Å². The van der Waals surface area contributed by atoms with Crippen molar-refractivity contribution in [2.24, 2.45) is 0 Å². The van der Waals surface area contributed by atoms with Gasteiger partial charge in [0, 0.05) is 6.07 Å². The van der Waals surface area contributed by atoms with E-state index in [1.165, 1.54) is 25.3 Å². The van der Waals surface area contributed by atoms with Crippen LogP contribution in [0, 0.1) is 5.82 Å². The van der Waals surface area contributed by atoms with Crippen molar-refractivity contribution in [1.29, 1.82) is 0 Å². The summed E-state index contributed by atoms with van der Waals surface area (Å²) < 4.78 is 23.2. The van der Waals surface area contributed by atoms with Crippen LogP contribution in [0.5, 0.6) is 5.75 Å². The van der Waals surface area contributed by atoms with E-state index in [0.717, 1.165) is 0 Å². The van der Waals surface area contributed by atoms with Gasteiger partial charge in [0.25, 0.3) is 0 Å². The standard InChI is InChI=1S/C13H18FNO3/c1-9(2)18-7-6-13(16)15-11-5-4-10(14)8-12(11)17-3/h4-5,8-9H,6-7H2,1-3H3,(H,15,16). The summed E-state index contributed by atoms with van der Waals surface area (Å²) in [5, 5.41) is 2.65. The molecule has 0 aliphatic heterocycles. The maximum atomic E-state index is 13.0. The van der Waals surface area contributed by atoms with Crippen molar-refractivity contribution in [1.82, 2.24) is 0 Å². The first-order valence-corrected chi connectivity index (χ1v) is 5.78. The van der Waals surface area contributed by atoms with E-state index in [1.54, 1.807) is 0 Å². The molecule has 0 saturated heterocycles. The third kappa shape index (κ3) is 4.71. The number of methoxy groups -OCH3 is 1. The normalized spacial score (nSPS) is 10.5. The second kappa shape index (κ2) is 6.96. The molecular weight excluding hydrogens is 237 g/mol. The smallest absolute Gasteiger partial charge is 0.226 e. The molecule has 0 radical (unpaired) electrons. The van der Waals surface area contributed by atoms with E-state index >= 15 is 0 Å². The Morgan fingerprint density at radius 3 is 2.78 bits per heavy atom. The predicted molar refractivity (Wildman–Crippen MR) is 67.3 cm³/mol. The minimum absolute atomic E-state index is 0.0955. The minimum atomic E-state index is -0.409. The molecule has 0 bridgehead atoms. The molecule has 5 heteroatoms. The van der Waals surface area contributed by atoms with Gasteiger partial charge in [0.15, 0.2) is 0 Å². The summed E-state index contributed by atoms with van der Waals surface area (Å²) in [5.74, 6) is -0.304. The molecule has 0 atom stereocenters. The number of anilines is 1. The van der Waals surface area contributed by atoms with E-state index in [4.69, 9.17) is 9.47 Å². The topological polar surface area (TPSA) is 47.6 Å². The number of hydrogen-bond donors (Lipinski definition) is 1. The number of carbonyl (C=O) groups excluding carboxylic acids is 1. The fourth-order valence-electron chi connectivity index (χ4n) is 1.37. The first-order valence-electron chi connectivity index (χ1n) is 5.78. The highest BCUT2D eigenvalue weighted by Gasteiger charge is 2.08. The molecule has 0 aliphatic rings. The first-order chi connectivity index (χ1) is 8.52. The van der Waals surface area contributed by atoms with Crippen molar-refractivity contribution in [3.63, 3.8) is 0 Å². The number of rotatable bonds is 6. The van der Waals surface area contributed by atoms with Crippen LogP contribution in [0.25, 0.3) is 0 Å². The Bertz CT molecular complexity index is 407. The molecule has 0 heterocycles. The monoisotopic (exact) mass is 255 g/mol. The van der Waals surface area contributed by atoms with Gasteiger partial charge in [-0.15, -0.1) is 0 Å². The lowest BCUT2D eigenvalue weighted by Gasteiger charge is -2.11. The van der Waals surface area contributed by atoms with Gasteiger partial charge in [-0.1, -0.05) is 0 Å². The van der Waals surface area contributed by atoms with Gasteiger partial charge in [-0.25, -0.2) is 4.39 Å². The molecular formula is C13H18FNO3. The van der Waals surface area contributed by atoms with Crippen LogP contribution in [0.1, 0.15) is 20.3 Å². The summed E-state index contributed by atoms with van der Waals surface area (Å²) in [7, 11) is 1.42. The SMILES string of the molecule is COc1cc(F)ccc1NC(=O)CCOC(C)C. The maximum absolute atomic E-state index is 13.0. The average molecular weight is 255 g/mol. The van der Waals surface area contributed by atoms with Crippen LogP contribution < -0.4 is 10.1 Å². The van der Waals surface area contributed by atoms with Gasteiger partial charge in [0.05, 0.1) is 31.9 Å². The molecule has 0 saturated carbocycles. The van der Waals surface area contributed by atoms with Crippen LogP contribution >= 0.6 is 0 Å². The predicted octanol–water partition coefficient (Wildman–Crippen LogP) is 2.59. The number of hydrogen-bond acceptors (Lipinski definition) is 3. The average Bonchev–Trinajstić information content (AvgIpc) is 2.31. The van der Waals surface area contributed by atoms with Crippen molar-refractivity contribution < 1.29 is 18.7 Å². The van der Waals surface area contributed by atoms with Crippen molar-refractivity contribution >= 4 is 11.6 Å². The van der Waals surface area contributed by atoms with Crippen LogP contribution in [0.2, 0.25) is 0 Å². The van der Waals surface area contributed by atoms with Crippen molar-refractivity contribution in [2.75, 3.05) is 19.0 Å². The van der Waals surface area contributed by atoms with Crippen molar-refractivity contribution in [3.8, 4) is 5.75 Å².